The van der Waals surface area contributed by atoms with Gasteiger partial charge >= 0.3 is 0 Å². The molecule has 1 aromatic carbocycles. The molecule has 0 aliphatic heterocycles. The van der Waals surface area contributed by atoms with Crippen LogP contribution in [-0.2, 0) is 6.42 Å². The Kier molecular flexibility index (Phi) is 2.97. The van der Waals surface area contributed by atoms with Crippen LogP contribution in [0.1, 0.15) is 18.4 Å². The molecule has 1 aliphatic carbocycles. The zero-order chi connectivity index (χ0) is 10.2. The van der Waals surface area contributed by atoms with E-state index >= 15 is 0 Å². The molecule has 0 bridgehead atoms. The summed E-state index contributed by atoms with van der Waals surface area (Å²) in [4.78, 5) is 0. The van der Waals surface area contributed by atoms with Crippen LogP contribution < -0.4 is 0 Å². The monoisotopic (exact) mass is 248 g/mol. The van der Waals surface area contributed by atoms with E-state index in [9.17, 15) is 0 Å². The van der Waals surface area contributed by atoms with Gasteiger partial charge in [0.25, 0.3) is 0 Å². The molecule has 1 fully saturated rings. The van der Waals surface area contributed by atoms with Gasteiger partial charge in [0.2, 0.25) is 0 Å². The number of hydrogen-bond donors (Lipinski definition) is 0. The number of benzene rings is 1. The lowest BCUT2D eigenvalue weighted by Gasteiger charge is -2.12. The van der Waals surface area contributed by atoms with E-state index in [2.05, 4.69) is 0 Å². The maximum atomic E-state index is 6.09. The first-order valence-corrected chi connectivity index (χ1v) is 5.94. The summed E-state index contributed by atoms with van der Waals surface area (Å²) < 4.78 is 0. The van der Waals surface area contributed by atoms with Gasteiger partial charge in [0.15, 0.2) is 0 Å². The Bertz CT molecular complexity index is 342. The third kappa shape index (κ3) is 2.18. The van der Waals surface area contributed by atoms with E-state index in [4.69, 9.17) is 34.8 Å². The van der Waals surface area contributed by atoms with Crippen molar-refractivity contribution in [2.45, 2.75) is 19.3 Å². The maximum Gasteiger partial charge on any atom is 0.0439 e. The van der Waals surface area contributed by atoms with Crippen LogP contribution in [0.5, 0.6) is 0 Å². The fraction of sp³-hybridized carbons (Fsp3) is 0.455. The molecule has 0 N–H and O–H groups in total. The topological polar surface area (TPSA) is 0 Å². The second-order valence-electron chi connectivity index (χ2n) is 4.05. The van der Waals surface area contributed by atoms with Crippen molar-refractivity contribution in [1.29, 1.82) is 0 Å². The molecule has 0 heterocycles. The normalized spacial score (nSPS) is 18.2. The summed E-state index contributed by atoms with van der Waals surface area (Å²) in [7, 11) is 0. The zero-order valence-corrected chi connectivity index (χ0v) is 9.96. The first kappa shape index (κ1) is 10.6. The highest BCUT2D eigenvalue weighted by atomic mass is 35.5. The third-order valence-electron chi connectivity index (χ3n) is 2.81. The van der Waals surface area contributed by atoms with E-state index in [-0.39, 0.29) is 0 Å². The van der Waals surface area contributed by atoms with Crippen molar-refractivity contribution in [2.24, 2.45) is 5.41 Å². The molecule has 1 saturated carbocycles. The van der Waals surface area contributed by atoms with E-state index in [0.717, 1.165) is 27.9 Å². The van der Waals surface area contributed by atoms with Gasteiger partial charge in [-0.25, -0.2) is 0 Å². The molecule has 0 spiro atoms. The Balaban J connectivity index is 2.20. The largest absolute Gasteiger partial charge is 0.126 e. The summed E-state index contributed by atoms with van der Waals surface area (Å²) in [5.74, 6) is 0.718. The fourth-order valence-corrected chi connectivity index (χ4v) is 2.36. The molecular formula is C11H11Cl3. The van der Waals surface area contributed by atoms with E-state index < -0.39 is 0 Å². The van der Waals surface area contributed by atoms with Gasteiger partial charge in [0.05, 0.1) is 0 Å². The van der Waals surface area contributed by atoms with E-state index in [1.807, 2.05) is 18.2 Å². The zero-order valence-electron chi connectivity index (χ0n) is 7.69. The molecule has 1 aromatic rings. The van der Waals surface area contributed by atoms with Crippen LogP contribution in [0.3, 0.4) is 0 Å². The molecule has 0 radical (unpaired) electrons. The van der Waals surface area contributed by atoms with Crippen LogP contribution in [0.4, 0.5) is 0 Å². The minimum Gasteiger partial charge on any atom is -0.126 e. The maximum absolute atomic E-state index is 6.09. The van der Waals surface area contributed by atoms with E-state index in [1.54, 1.807) is 0 Å². The third-order valence-corrected chi connectivity index (χ3v) is 3.98. The van der Waals surface area contributed by atoms with Crippen molar-refractivity contribution in [2.75, 3.05) is 5.88 Å². The molecular weight excluding hydrogens is 238 g/mol. The van der Waals surface area contributed by atoms with Gasteiger partial charge in [-0.05, 0) is 48.4 Å². The van der Waals surface area contributed by atoms with Gasteiger partial charge in [-0.2, -0.15) is 0 Å². The molecule has 0 atom stereocenters. The van der Waals surface area contributed by atoms with Crippen LogP contribution in [0.2, 0.25) is 10.0 Å². The Labute approximate surface area is 99.2 Å². The van der Waals surface area contributed by atoms with E-state index in [1.165, 1.54) is 12.8 Å². The lowest BCUT2D eigenvalue weighted by molar-refractivity contribution is 0.578. The quantitative estimate of drug-likeness (QED) is 0.689. The summed E-state index contributed by atoms with van der Waals surface area (Å²) in [5, 5.41) is 1.54. The van der Waals surface area contributed by atoms with Crippen molar-refractivity contribution in [3.63, 3.8) is 0 Å². The molecule has 0 aromatic heterocycles. The molecule has 3 heteroatoms. The van der Waals surface area contributed by atoms with Crippen molar-refractivity contribution in [3.8, 4) is 0 Å². The van der Waals surface area contributed by atoms with Crippen LogP contribution in [-0.4, -0.2) is 5.88 Å². The molecule has 0 unspecified atom stereocenters. The number of rotatable bonds is 3. The molecule has 14 heavy (non-hydrogen) atoms. The highest BCUT2D eigenvalue weighted by molar-refractivity contribution is 6.33. The van der Waals surface area contributed by atoms with E-state index in [0.29, 0.717) is 5.41 Å². The first-order chi connectivity index (χ1) is 6.65. The highest BCUT2D eigenvalue weighted by Crippen LogP contribution is 2.50. The Morgan fingerprint density at radius 2 is 1.93 bits per heavy atom. The summed E-state index contributed by atoms with van der Waals surface area (Å²) in [6.45, 7) is 0. The standard InChI is InChI=1S/C11H11Cl3/c12-7-11(3-4-11)6-8-5-9(13)1-2-10(8)14/h1-2,5H,3-4,6-7H2. The van der Waals surface area contributed by atoms with Crippen LogP contribution >= 0.6 is 34.8 Å². The van der Waals surface area contributed by atoms with Gasteiger partial charge in [-0.1, -0.05) is 23.2 Å². The molecule has 2 rings (SSSR count). The molecule has 0 nitrogen and oxygen atoms in total. The van der Waals surface area contributed by atoms with Crippen molar-refractivity contribution >= 4 is 34.8 Å². The molecule has 0 amide bonds. The van der Waals surface area contributed by atoms with Gasteiger partial charge < -0.3 is 0 Å². The van der Waals surface area contributed by atoms with Crippen LogP contribution in [0, 0.1) is 5.41 Å². The Hall–Kier alpha value is 0.0900. The summed E-state index contributed by atoms with van der Waals surface area (Å²) in [5.41, 5.74) is 1.42. The number of hydrogen-bond acceptors (Lipinski definition) is 0. The second-order valence-corrected chi connectivity index (χ2v) is 5.16. The van der Waals surface area contributed by atoms with Crippen molar-refractivity contribution < 1.29 is 0 Å². The van der Waals surface area contributed by atoms with Crippen molar-refractivity contribution in [3.05, 3.63) is 33.8 Å². The predicted octanol–water partition coefficient (Wildman–Crippen LogP) is 4.55. The number of alkyl halides is 1. The minimum absolute atomic E-state index is 0.301. The average Bonchev–Trinajstić information content (AvgIpc) is 2.92. The van der Waals surface area contributed by atoms with Gasteiger partial charge in [-0.15, -0.1) is 11.6 Å². The Morgan fingerprint density at radius 3 is 2.50 bits per heavy atom. The SMILES string of the molecule is ClCC1(Cc2cc(Cl)ccc2Cl)CC1. The van der Waals surface area contributed by atoms with Gasteiger partial charge in [0.1, 0.15) is 0 Å². The van der Waals surface area contributed by atoms with Gasteiger partial charge in [-0.3, -0.25) is 0 Å². The lowest BCUT2D eigenvalue weighted by atomic mass is 9.98. The number of halogens is 3. The highest BCUT2D eigenvalue weighted by Gasteiger charge is 2.41. The van der Waals surface area contributed by atoms with Crippen LogP contribution in [0.25, 0.3) is 0 Å². The fourth-order valence-electron chi connectivity index (χ4n) is 1.62. The first-order valence-electron chi connectivity index (χ1n) is 4.65. The predicted molar refractivity (Wildman–Crippen MR) is 62.6 cm³/mol. The molecule has 76 valence electrons. The summed E-state index contributed by atoms with van der Waals surface area (Å²) in [6, 6.07) is 5.60. The van der Waals surface area contributed by atoms with Gasteiger partial charge in [0, 0.05) is 15.9 Å². The summed E-state index contributed by atoms with van der Waals surface area (Å²) in [6.07, 6.45) is 3.37. The van der Waals surface area contributed by atoms with Crippen LogP contribution in [0.15, 0.2) is 18.2 Å². The van der Waals surface area contributed by atoms with Crippen molar-refractivity contribution in [1.82, 2.24) is 0 Å². The summed E-state index contributed by atoms with van der Waals surface area (Å²) >= 11 is 17.9. The average molecular weight is 250 g/mol. The molecule has 0 saturated heterocycles. The smallest absolute Gasteiger partial charge is 0.0439 e. The minimum atomic E-state index is 0.301. The Morgan fingerprint density at radius 1 is 1.21 bits per heavy atom. The molecule has 1 aliphatic rings. The lowest BCUT2D eigenvalue weighted by Crippen LogP contribution is -2.06. The second kappa shape index (κ2) is 3.92.